The van der Waals surface area contributed by atoms with Gasteiger partial charge in [-0.15, -0.1) is 0 Å². The summed E-state index contributed by atoms with van der Waals surface area (Å²) in [6.45, 7) is 5.72. The summed E-state index contributed by atoms with van der Waals surface area (Å²) in [4.78, 5) is 2.21. The molecule has 1 rings (SSSR count). The molecule has 4 heteroatoms. The van der Waals surface area contributed by atoms with Crippen molar-refractivity contribution in [3.63, 3.8) is 0 Å². The lowest BCUT2D eigenvalue weighted by molar-refractivity contribution is 0.322. The van der Waals surface area contributed by atoms with Crippen molar-refractivity contribution in [1.82, 2.24) is 14.7 Å². The Morgan fingerprint density at radius 3 is 3.00 bits per heavy atom. The van der Waals surface area contributed by atoms with Crippen LogP contribution in [0.3, 0.4) is 0 Å². The van der Waals surface area contributed by atoms with E-state index >= 15 is 0 Å². The first kappa shape index (κ1) is 11.2. The highest BCUT2D eigenvalue weighted by molar-refractivity contribution is 5.00. The van der Waals surface area contributed by atoms with Gasteiger partial charge in [0.1, 0.15) is 0 Å². The van der Waals surface area contributed by atoms with Gasteiger partial charge < -0.3 is 5.73 Å². The quantitative estimate of drug-likeness (QED) is 0.728. The molecule has 0 aromatic carbocycles. The van der Waals surface area contributed by atoms with Crippen LogP contribution in [-0.4, -0.2) is 34.8 Å². The van der Waals surface area contributed by atoms with Crippen LogP contribution in [0.25, 0.3) is 0 Å². The standard InChI is InChI=1S/C10H20N4/c1-3-7-14-10(4-6-12-14)9-13(2)8-5-11/h4,6H,3,5,7-9,11H2,1-2H3. The van der Waals surface area contributed by atoms with Gasteiger partial charge in [-0.05, 0) is 19.5 Å². The summed E-state index contributed by atoms with van der Waals surface area (Å²) in [6, 6.07) is 2.07. The summed E-state index contributed by atoms with van der Waals surface area (Å²) in [7, 11) is 2.08. The molecular weight excluding hydrogens is 176 g/mol. The van der Waals surface area contributed by atoms with E-state index in [-0.39, 0.29) is 0 Å². The normalized spacial score (nSPS) is 11.1. The molecular formula is C10H20N4. The van der Waals surface area contributed by atoms with Crippen molar-refractivity contribution in [2.45, 2.75) is 26.4 Å². The van der Waals surface area contributed by atoms with Gasteiger partial charge in [0.25, 0.3) is 0 Å². The zero-order chi connectivity index (χ0) is 10.4. The number of rotatable bonds is 6. The number of aromatic nitrogens is 2. The lowest BCUT2D eigenvalue weighted by Gasteiger charge is -2.16. The largest absolute Gasteiger partial charge is 0.329 e. The Kier molecular flexibility index (Phi) is 4.62. The molecule has 0 atom stereocenters. The molecule has 1 aromatic rings. The average molecular weight is 196 g/mol. The first-order chi connectivity index (χ1) is 6.77. The number of hydrogen-bond donors (Lipinski definition) is 1. The van der Waals surface area contributed by atoms with Crippen LogP contribution in [0.15, 0.2) is 12.3 Å². The second-order valence-electron chi connectivity index (χ2n) is 3.57. The molecule has 1 heterocycles. The van der Waals surface area contributed by atoms with Crippen LogP contribution >= 0.6 is 0 Å². The number of aryl methyl sites for hydroxylation is 1. The summed E-state index contributed by atoms with van der Waals surface area (Å²) in [5, 5.41) is 4.28. The Labute approximate surface area is 85.7 Å². The van der Waals surface area contributed by atoms with Crippen LogP contribution in [-0.2, 0) is 13.1 Å². The molecule has 0 aliphatic carbocycles. The van der Waals surface area contributed by atoms with Gasteiger partial charge in [0, 0.05) is 32.4 Å². The molecule has 0 bridgehead atoms. The maximum atomic E-state index is 5.49. The molecule has 0 amide bonds. The fourth-order valence-electron chi connectivity index (χ4n) is 1.48. The third kappa shape index (κ3) is 3.12. The highest BCUT2D eigenvalue weighted by Gasteiger charge is 2.04. The zero-order valence-electron chi connectivity index (χ0n) is 9.11. The second-order valence-corrected chi connectivity index (χ2v) is 3.57. The molecule has 0 unspecified atom stereocenters. The molecule has 0 radical (unpaired) electrons. The van der Waals surface area contributed by atoms with Crippen LogP contribution < -0.4 is 5.73 Å². The molecule has 14 heavy (non-hydrogen) atoms. The van der Waals surface area contributed by atoms with E-state index in [1.54, 1.807) is 0 Å². The van der Waals surface area contributed by atoms with Gasteiger partial charge in [-0.25, -0.2) is 0 Å². The van der Waals surface area contributed by atoms with Crippen molar-refractivity contribution >= 4 is 0 Å². The second kappa shape index (κ2) is 5.78. The predicted molar refractivity (Wildman–Crippen MR) is 57.9 cm³/mol. The van der Waals surface area contributed by atoms with E-state index in [2.05, 4.69) is 34.7 Å². The summed E-state index contributed by atoms with van der Waals surface area (Å²) >= 11 is 0. The molecule has 0 saturated heterocycles. The van der Waals surface area contributed by atoms with Crippen molar-refractivity contribution in [3.05, 3.63) is 18.0 Å². The van der Waals surface area contributed by atoms with Crippen LogP contribution in [0.5, 0.6) is 0 Å². The van der Waals surface area contributed by atoms with E-state index in [0.29, 0.717) is 6.54 Å². The Hall–Kier alpha value is -0.870. The van der Waals surface area contributed by atoms with Crippen molar-refractivity contribution < 1.29 is 0 Å². The van der Waals surface area contributed by atoms with E-state index in [1.807, 2.05) is 6.20 Å². The van der Waals surface area contributed by atoms with E-state index < -0.39 is 0 Å². The molecule has 4 nitrogen and oxygen atoms in total. The van der Waals surface area contributed by atoms with E-state index in [1.165, 1.54) is 5.69 Å². The van der Waals surface area contributed by atoms with Crippen molar-refractivity contribution in [2.24, 2.45) is 5.73 Å². The Morgan fingerprint density at radius 2 is 2.36 bits per heavy atom. The maximum absolute atomic E-state index is 5.49. The summed E-state index contributed by atoms with van der Waals surface area (Å²) in [5.41, 5.74) is 6.76. The van der Waals surface area contributed by atoms with Gasteiger partial charge >= 0.3 is 0 Å². The van der Waals surface area contributed by atoms with Gasteiger partial charge in [0.2, 0.25) is 0 Å². The number of nitrogens with two attached hydrogens (primary N) is 1. The van der Waals surface area contributed by atoms with E-state index in [9.17, 15) is 0 Å². The first-order valence-corrected chi connectivity index (χ1v) is 5.17. The molecule has 2 N–H and O–H groups in total. The van der Waals surface area contributed by atoms with Crippen LogP contribution in [0.2, 0.25) is 0 Å². The lowest BCUT2D eigenvalue weighted by Crippen LogP contribution is -2.26. The predicted octanol–water partition coefficient (Wildman–Crippen LogP) is 0.684. The monoisotopic (exact) mass is 196 g/mol. The van der Waals surface area contributed by atoms with Gasteiger partial charge in [-0.1, -0.05) is 6.92 Å². The number of hydrogen-bond acceptors (Lipinski definition) is 3. The highest BCUT2D eigenvalue weighted by Crippen LogP contribution is 2.03. The van der Waals surface area contributed by atoms with Crippen LogP contribution in [0.1, 0.15) is 19.0 Å². The minimum atomic E-state index is 0.707. The summed E-state index contributed by atoms with van der Waals surface area (Å²) < 4.78 is 2.06. The molecule has 0 fully saturated rings. The zero-order valence-corrected chi connectivity index (χ0v) is 9.11. The SMILES string of the molecule is CCCn1nccc1CN(C)CCN. The molecule has 0 spiro atoms. The van der Waals surface area contributed by atoms with Crippen LogP contribution in [0, 0.1) is 0 Å². The topological polar surface area (TPSA) is 47.1 Å². The van der Waals surface area contributed by atoms with Gasteiger partial charge in [0.05, 0.1) is 5.69 Å². The molecule has 1 aromatic heterocycles. The molecule has 0 aliphatic heterocycles. The molecule has 0 saturated carbocycles. The minimum Gasteiger partial charge on any atom is -0.329 e. The first-order valence-electron chi connectivity index (χ1n) is 5.17. The van der Waals surface area contributed by atoms with Gasteiger partial charge in [0.15, 0.2) is 0 Å². The number of nitrogens with zero attached hydrogens (tertiary/aromatic N) is 3. The van der Waals surface area contributed by atoms with Crippen LogP contribution in [0.4, 0.5) is 0 Å². The van der Waals surface area contributed by atoms with Crippen molar-refractivity contribution in [1.29, 1.82) is 0 Å². The average Bonchev–Trinajstić information content (AvgIpc) is 2.54. The minimum absolute atomic E-state index is 0.707. The summed E-state index contributed by atoms with van der Waals surface area (Å²) in [5.74, 6) is 0. The van der Waals surface area contributed by atoms with Crippen molar-refractivity contribution in [2.75, 3.05) is 20.1 Å². The van der Waals surface area contributed by atoms with Crippen molar-refractivity contribution in [3.8, 4) is 0 Å². The Bertz CT molecular complexity index is 256. The van der Waals surface area contributed by atoms with E-state index in [4.69, 9.17) is 5.73 Å². The van der Waals surface area contributed by atoms with Gasteiger partial charge in [-0.3, -0.25) is 9.58 Å². The van der Waals surface area contributed by atoms with Gasteiger partial charge in [-0.2, -0.15) is 5.10 Å². The molecule has 80 valence electrons. The third-order valence-electron chi connectivity index (χ3n) is 2.18. The Balaban J connectivity index is 2.52. The highest BCUT2D eigenvalue weighted by atomic mass is 15.3. The Morgan fingerprint density at radius 1 is 1.57 bits per heavy atom. The van der Waals surface area contributed by atoms with E-state index in [0.717, 1.165) is 26.1 Å². The lowest BCUT2D eigenvalue weighted by atomic mass is 10.3. The summed E-state index contributed by atoms with van der Waals surface area (Å²) in [6.07, 6.45) is 2.98. The smallest absolute Gasteiger partial charge is 0.0524 e. The fourth-order valence-corrected chi connectivity index (χ4v) is 1.48. The number of likely N-dealkylation sites (N-methyl/N-ethyl adjacent to an activating group) is 1. The fraction of sp³-hybridized carbons (Fsp3) is 0.700. The maximum Gasteiger partial charge on any atom is 0.0524 e. The molecule has 0 aliphatic rings. The third-order valence-corrected chi connectivity index (χ3v) is 2.18.